The van der Waals surface area contributed by atoms with E-state index in [1.54, 1.807) is 0 Å². The van der Waals surface area contributed by atoms with E-state index >= 15 is 0 Å². The van der Waals surface area contributed by atoms with Crippen molar-refractivity contribution in [2.45, 2.75) is 59.3 Å². The molecule has 0 atom stereocenters. The fourth-order valence-corrected chi connectivity index (χ4v) is 7.58. The zero-order chi connectivity index (χ0) is 34.4. The summed E-state index contributed by atoms with van der Waals surface area (Å²) in [5.41, 5.74) is 19.3. The van der Waals surface area contributed by atoms with E-state index in [2.05, 4.69) is 151 Å². The molecule has 246 valence electrons. The molecule has 49 heavy (non-hydrogen) atoms. The number of para-hydroxylation sites is 2. The zero-order valence-electron chi connectivity index (χ0n) is 28.6. The Morgan fingerprint density at radius 3 is 2.10 bits per heavy atom. The third-order valence-electron chi connectivity index (χ3n) is 9.36. The van der Waals surface area contributed by atoms with Crippen LogP contribution in [0.25, 0.3) is 33.3 Å². The van der Waals surface area contributed by atoms with E-state index in [9.17, 15) is 0 Å². The van der Waals surface area contributed by atoms with Crippen molar-refractivity contribution in [1.29, 1.82) is 0 Å². The van der Waals surface area contributed by atoms with E-state index in [1.807, 2.05) is 0 Å². The van der Waals surface area contributed by atoms with Crippen LogP contribution in [-0.2, 0) is 24.3 Å². The molecule has 0 radical (unpaired) electrons. The Bertz CT molecular complexity index is 2230. The Labute approximate surface area is 297 Å². The minimum atomic E-state index is -0.134. The second-order valence-corrected chi connectivity index (χ2v) is 14.5. The molecular formula is C40H39N7S2. The minimum Gasteiger partial charge on any atom is -0.395 e. The maximum absolute atomic E-state index is 6.50. The van der Waals surface area contributed by atoms with Crippen LogP contribution in [0.5, 0.6) is 0 Å². The molecule has 0 saturated heterocycles. The Morgan fingerprint density at radius 1 is 0.857 bits per heavy atom. The second-order valence-electron chi connectivity index (χ2n) is 13.7. The average molecular weight is 682 g/mol. The fraction of sp³-hybridized carbons (Fsp3) is 0.250. The second kappa shape index (κ2) is 12.9. The molecule has 6 aromatic rings. The predicted molar refractivity (Wildman–Crippen MR) is 207 cm³/mol. The number of hydrogen-bond acceptors (Lipinski definition) is 9. The highest BCUT2D eigenvalue weighted by molar-refractivity contribution is 7.47. The number of nitrogens with zero attached hydrogens (tertiary/aromatic N) is 6. The highest BCUT2D eigenvalue weighted by Gasteiger charge is 2.36. The summed E-state index contributed by atoms with van der Waals surface area (Å²) in [5, 5.41) is 0. The Morgan fingerprint density at radius 2 is 1.49 bits per heavy atom. The van der Waals surface area contributed by atoms with Crippen molar-refractivity contribution in [2.24, 2.45) is 10.3 Å². The van der Waals surface area contributed by atoms with Crippen LogP contribution in [-0.4, -0.2) is 18.7 Å². The molecule has 0 amide bonds. The SMILES string of the molecule is CC(C)/C=C(\C=C/Cc1nc2c(N=S)c(N)c3nsnc3c2nc1-c1ccc(C(C)C)cc1)N1c2ccccc2C(C)(C)c2ccccc21. The Kier molecular flexibility index (Phi) is 8.58. The van der Waals surface area contributed by atoms with Crippen molar-refractivity contribution in [3.63, 3.8) is 0 Å². The maximum atomic E-state index is 6.50. The van der Waals surface area contributed by atoms with Gasteiger partial charge < -0.3 is 10.6 Å². The number of fused-ring (bicyclic) bond motifs is 5. The molecule has 2 aromatic heterocycles. The van der Waals surface area contributed by atoms with Gasteiger partial charge in [0.05, 0.1) is 40.2 Å². The van der Waals surface area contributed by atoms with Gasteiger partial charge in [-0.3, -0.25) is 0 Å². The smallest absolute Gasteiger partial charge is 0.134 e. The van der Waals surface area contributed by atoms with Gasteiger partial charge in [-0.2, -0.15) is 13.1 Å². The quantitative estimate of drug-likeness (QED) is 0.126. The van der Waals surface area contributed by atoms with Crippen LogP contribution in [0.1, 0.15) is 69.8 Å². The number of hydrogen-bond donors (Lipinski definition) is 1. The number of anilines is 3. The molecule has 9 heteroatoms. The highest BCUT2D eigenvalue weighted by atomic mass is 32.1. The third kappa shape index (κ3) is 5.70. The number of nitrogen functional groups attached to an aromatic ring is 1. The van der Waals surface area contributed by atoms with Gasteiger partial charge in [0, 0.05) is 35.5 Å². The first-order chi connectivity index (χ1) is 23.6. The lowest BCUT2D eigenvalue weighted by atomic mass is 9.73. The lowest BCUT2D eigenvalue weighted by Gasteiger charge is -2.42. The Hall–Kier alpha value is -4.86. The fourth-order valence-electron chi connectivity index (χ4n) is 6.84. The maximum Gasteiger partial charge on any atom is 0.134 e. The standard InChI is InChI=1S/C40H39N7S2/c1-23(2)22-27(47-31-16-9-7-13-28(31)40(5,6)29-14-8-10-17-32(29)47)12-11-15-30-34(26-20-18-25(19-21-26)24(3)4)43-38-37(42-30)35(44-48)33(41)36-39(38)46-49-45-36/h7-14,16-24H,15,41H2,1-6H3/b12-11-,27-22+. The lowest BCUT2D eigenvalue weighted by Crippen LogP contribution is -2.32. The van der Waals surface area contributed by atoms with E-state index in [-0.39, 0.29) is 5.41 Å². The molecule has 1 aliphatic heterocycles. The summed E-state index contributed by atoms with van der Waals surface area (Å²) in [4.78, 5) is 12.8. The summed E-state index contributed by atoms with van der Waals surface area (Å²) in [7, 11) is 0. The summed E-state index contributed by atoms with van der Waals surface area (Å²) in [5.74, 6) is 0.735. The van der Waals surface area contributed by atoms with Gasteiger partial charge in [-0.15, -0.1) is 0 Å². The van der Waals surface area contributed by atoms with Gasteiger partial charge >= 0.3 is 0 Å². The number of nitrogens with two attached hydrogens (primary N) is 1. The molecule has 2 N–H and O–H groups in total. The third-order valence-corrected chi connectivity index (χ3v) is 10.1. The van der Waals surface area contributed by atoms with Crippen molar-refractivity contribution in [2.75, 3.05) is 10.6 Å². The van der Waals surface area contributed by atoms with Gasteiger partial charge in [-0.1, -0.05) is 114 Å². The molecule has 0 spiro atoms. The van der Waals surface area contributed by atoms with Crippen LogP contribution < -0.4 is 10.6 Å². The molecule has 3 heterocycles. The van der Waals surface area contributed by atoms with E-state index in [1.165, 1.54) is 28.1 Å². The van der Waals surface area contributed by atoms with Gasteiger partial charge in [-0.25, -0.2) is 9.97 Å². The molecule has 0 unspecified atom stereocenters. The molecule has 7 rings (SSSR count). The van der Waals surface area contributed by atoms with Gasteiger partial charge in [0.15, 0.2) is 0 Å². The molecule has 0 aliphatic carbocycles. The number of benzene rings is 4. The molecule has 4 aromatic carbocycles. The predicted octanol–water partition coefficient (Wildman–Crippen LogP) is 10.5. The zero-order valence-corrected chi connectivity index (χ0v) is 30.2. The summed E-state index contributed by atoms with van der Waals surface area (Å²) in [6.45, 7) is 13.4. The van der Waals surface area contributed by atoms with Crippen LogP contribution in [0.3, 0.4) is 0 Å². The van der Waals surface area contributed by atoms with E-state index in [0.29, 0.717) is 51.7 Å². The van der Waals surface area contributed by atoms with Gasteiger partial charge in [0.1, 0.15) is 27.8 Å². The summed E-state index contributed by atoms with van der Waals surface area (Å²) in [6.07, 6.45) is 7.23. The number of rotatable bonds is 8. The van der Waals surface area contributed by atoms with E-state index < -0.39 is 0 Å². The first-order valence-corrected chi connectivity index (χ1v) is 17.7. The van der Waals surface area contributed by atoms with E-state index in [0.717, 1.165) is 34.4 Å². The van der Waals surface area contributed by atoms with Crippen LogP contribution in [0.4, 0.5) is 22.7 Å². The number of allylic oxidation sites excluding steroid dienone is 3. The monoisotopic (exact) mass is 681 g/mol. The molecule has 1 aliphatic rings. The summed E-state index contributed by atoms with van der Waals surface area (Å²) < 4.78 is 13.1. The summed E-state index contributed by atoms with van der Waals surface area (Å²) >= 11 is 6.29. The summed E-state index contributed by atoms with van der Waals surface area (Å²) in [6, 6.07) is 26.0. The van der Waals surface area contributed by atoms with E-state index in [4.69, 9.17) is 28.1 Å². The molecule has 0 fully saturated rings. The van der Waals surface area contributed by atoms with Crippen LogP contribution in [0.2, 0.25) is 0 Å². The van der Waals surface area contributed by atoms with Gasteiger partial charge in [0.2, 0.25) is 0 Å². The van der Waals surface area contributed by atoms with Crippen molar-refractivity contribution < 1.29 is 0 Å². The average Bonchev–Trinajstić information content (AvgIpc) is 3.59. The molecule has 0 saturated carbocycles. The first kappa shape index (κ1) is 32.7. The van der Waals surface area contributed by atoms with Crippen molar-refractivity contribution in [3.05, 3.63) is 119 Å². The molecule has 7 nitrogen and oxygen atoms in total. The molecular weight excluding hydrogens is 643 g/mol. The largest absolute Gasteiger partial charge is 0.395 e. The highest BCUT2D eigenvalue weighted by Crippen LogP contribution is 2.50. The van der Waals surface area contributed by atoms with Crippen LogP contribution >= 0.6 is 11.7 Å². The Balaban J connectivity index is 1.37. The number of aromatic nitrogens is 4. The van der Waals surface area contributed by atoms with Gasteiger partial charge in [0.25, 0.3) is 0 Å². The topological polar surface area (TPSA) is 93.2 Å². The first-order valence-electron chi connectivity index (χ1n) is 16.7. The van der Waals surface area contributed by atoms with Crippen molar-refractivity contribution >= 4 is 69.0 Å². The van der Waals surface area contributed by atoms with Crippen molar-refractivity contribution in [1.82, 2.24) is 18.7 Å². The normalized spacial score (nSPS) is 14.3. The van der Waals surface area contributed by atoms with Crippen LogP contribution in [0, 0.1) is 5.92 Å². The van der Waals surface area contributed by atoms with Gasteiger partial charge in [-0.05, 0) is 46.7 Å². The lowest BCUT2D eigenvalue weighted by molar-refractivity contribution is 0.630. The molecule has 0 bridgehead atoms. The van der Waals surface area contributed by atoms with Crippen LogP contribution in [0.15, 0.2) is 101 Å². The van der Waals surface area contributed by atoms with Crippen molar-refractivity contribution in [3.8, 4) is 11.3 Å². The minimum absolute atomic E-state index is 0.134.